The van der Waals surface area contributed by atoms with E-state index in [9.17, 15) is 0 Å². The molecule has 20 heavy (non-hydrogen) atoms. The zero-order valence-electron chi connectivity index (χ0n) is 13.4. The van der Waals surface area contributed by atoms with Gasteiger partial charge in [0.1, 0.15) is 0 Å². The molecule has 0 amide bonds. The summed E-state index contributed by atoms with van der Waals surface area (Å²) in [5, 5.41) is 0. The number of fused-ring (bicyclic) bond motifs is 4. The SMILES string of the molecule is CC(C)=C1CC2C=CC1C2.CC(C)=C1CC2C=CC1C2. The summed E-state index contributed by atoms with van der Waals surface area (Å²) in [4.78, 5) is 0. The van der Waals surface area contributed by atoms with E-state index in [2.05, 4.69) is 52.0 Å². The number of hydrogen-bond acceptors (Lipinski definition) is 0. The third-order valence-electron chi connectivity index (χ3n) is 5.49. The summed E-state index contributed by atoms with van der Waals surface area (Å²) >= 11 is 0. The number of hydrogen-bond donors (Lipinski definition) is 0. The van der Waals surface area contributed by atoms with Gasteiger partial charge in [0.15, 0.2) is 0 Å². The van der Waals surface area contributed by atoms with E-state index in [-0.39, 0.29) is 0 Å². The molecule has 4 atom stereocenters. The minimum Gasteiger partial charge on any atom is -0.0845 e. The van der Waals surface area contributed by atoms with Crippen LogP contribution in [0.4, 0.5) is 0 Å². The van der Waals surface area contributed by atoms with Gasteiger partial charge in [0.25, 0.3) is 0 Å². The van der Waals surface area contributed by atoms with E-state index in [4.69, 9.17) is 0 Å². The summed E-state index contributed by atoms with van der Waals surface area (Å²) in [6.45, 7) is 8.96. The minimum atomic E-state index is 0.829. The molecule has 2 saturated carbocycles. The van der Waals surface area contributed by atoms with Crippen molar-refractivity contribution in [3.8, 4) is 0 Å². The molecular formula is C20H28. The Morgan fingerprint density at radius 3 is 1.25 bits per heavy atom. The Kier molecular flexibility index (Phi) is 3.75. The first-order valence-electron chi connectivity index (χ1n) is 8.23. The van der Waals surface area contributed by atoms with Crippen LogP contribution in [-0.4, -0.2) is 0 Å². The Morgan fingerprint density at radius 2 is 1.10 bits per heavy atom. The lowest BCUT2D eigenvalue weighted by atomic mass is 9.97. The summed E-state index contributed by atoms with van der Waals surface area (Å²) in [6, 6.07) is 0. The zero-order chi connectivity index (χ0) is 14.3. The predicted octanol–water partition coefficient (Wildman–Crippen LogP) is 5.84. The third-order valence-corrected chi connectivity index (χ3v) is 5.49. The van der Waals surface area contributed by atoms with Crippen LogP contribution in [0.5, 0.6) is 0 Å². The Labute approximate surface area is 124 Å². The van der Waals surface area contributed by atoms with Gasteiger partial charge in [-0.15, -0.1) is 0 Å². The maximum Gasteiger partial charge on any atom is -0.00148 e. The molecule has 0 aromatic heterocycles. The first-order chi connectivity index (χ1) is 9.54. The summed E-state index contributed by atoms with van der Waals surface area (Å²) in [7, 11) is 0. The maximum atomic E-state index is 2.39. The number of allylic oxidation sites excluding steroid dienone is 8. The minimum absolute atomic E-state index is 0.829. The highest BCUT2D eigenvalue weighted by Crippen LogP contribution is 2.44. The number of rotatable bonds is 0. The topological polar surface area (TPSA) is 0 Å². The Bertz CT molecular complexity index is 456. The largest absolute Gasteiger partial charge is 0.0845 e. The summed E-state index contributed by atoms with van der Waals surface area (Å²) < 4.78 is 0. The Morgan fingerprint density at radius 1 is 0.700 bits per heavy atom. The van der Waals surface area contributed by atoms with Gasteiger partial charge in [-0.05, 0) is 77.0 Å². The van der Waals surface area contributed by atoms with Crippen molar-refractivity contribution >= 4 is 0 Å². The van der Waals surface area contributed by atoms with Crippen LogP contribution in [0.15, 0.2) is 46.6 Å². The van der Waals surface area contributed by atoms with Crippen molar-refractivity contribution in [1.29, 1.82) is 0 Å². The van der Waals surface area contributed by atoms with E-state index in [0.29, 0.717) is 0 Å². The molecule has 0 aliphatic heterocycles. The molecule has 0 aromatic rings. The fourth-order valence-electron chi connectivity index (χ4n) is 4.39. The molecule has 0 heteroatoms. The van der Waals surface area contributed by atoms with E-state index >= 15 is 0 Å². The van der Waals surface area contributed by atoms with Gasteiger partial charge in [-0.25, -0.2) is 0 Å². The highest BCUT2D eigenvalue weighted by Gasteiger charge is 2.31. The molecule has 0 aromatic carbocycles. The van der Waals surface area contributed by atoms with E-state index in [1.807, 2.05) is 0 Å². The van der Waals surface area contributed by atoms with Gasteiger partial charge in [0.2, 0.25) is 0 Å². The monoisotopic (exact) mass is 268 g/mol. The van der Waals surface area contributed by atoms with E-state index < -0.39 is 0 Å². The molecule has 4 aliphatic rings. The van der Waals surface area contributed by atoms with Gasteiger partial charge in [0.05, 0.1) is 0 Å². The predicted molar refractivity (Wildman–Crippen MR) is 87.5 cm³/mol. The molecule has 0 saturated heterocycles. The second kappa shape index (κ2) is 5.39. The van der Waals surface area contributed by atoms with Crippen molar-refractivity contribution in [2.45, 2.75) is 53.4 Å². The van der Waals surface area contributed by atoms with Crippen molar-refractivity contribution in [2.75, 3.05) is 0 Å². The van der Waals surface area contributed by atoms with Crippen molar-refractivity contribution in [2.24, 2.45) is 23.7 Å². The Balaban J connectivity index is 0.000000121. The van der Waals surface area contributed by atoms with Crippen LogP contribution in [0.2, 0.25) is 0 Å². The van der Waals surface area contributed by atoms with Crippen LogP contribution < -0.4 is 0 Å². The summed E-state index contributed by atoms with van der Waals surface area (Å²) in [5.74, 6) is 3.45. The summed E-state index contributed by atoms with van der Waals surface area (Å²) in [6.07, 6.45) is 15.1. The van der Waals surface area contributed by atoms with E-state index in [0.717, 1.165) is 23.7 Å². The van der Waals surface area contributed by atoms with Crippen LogP contribution in [0, 0.1) is 23.7 Å². The molecule has 2 fully saturated rings. The smallest absolute Gasteiger partial charge is 0.00148 e. The van der Waals surface area contributed by atoms with Crippen LogP contribution in [0.25, 0.3) is 0 Å². The van der Waals surface area contributed by atoms with Gasteiger partial charge in [-0.1, -0.05) is 46.6 Å². The standard InChI is InChI=1S/2C10H14/c2*1-7(2)10-6-8-3-4-9(10)5-8/h2*3-4,8-9H,5-6H2,1-2H3. The highest BCUT2D eigenvalue weighted by atomic mass is 14.4. The first kappa shape index (κ1) is 13.9. The lowest BCUT2D eigenvalue weighted by molar-refractivity contribution is 0.693. The fourth-order valence-corrected chi connectivity index (χ4v) is 4.39. The molecule has 4 aliphatic carbocycles. The van der Waals surface area contributed by atoms with E-state index in [1.165, 1.54) is 25.7 Å². The van der Waals surface area contributed by atoms with Crippen LogP contribution in [0.1, 0.15) is 53.4 Å². The molecule has 0 radical (unpaired) electrons. The molecule has 0 nitrogen and oxygen atoms in total. The van der Waals surface area contributed by atoms with Gasteiger partial charge in [0, 0.05) is 0 Å². The molecule has 4 rings (SSSR count). The maximum absolute atomic E-state index is 2.39. The average molecular weight is 268 g/mol. The lowest BCUT2D eigenvalue weighted by Gasteiger charge is -2.09. The second-order valence-electron chi connectivity index (χ2n) is 7.43. The van der Waals surface area contributed by atoms with Crippen molar-refractivity contribution in [3.63, 3.8) is 0 Å². The highest BCUT2D eigenvalue weighted by molar-refractivity contribution is 5.30. The van der Waals surface area contributed by atoms with Crippen LogP contribution in [0.3, 0.4) is 0 Å². The molecule has 0 heterocycles. The lowest BCUT2D eigenvalue weighted by Crippen LogP contribution is -1.93. The quantitative estimate of drug-likeness (QED) is 0.484. The normalized spacial score (nSPS) is 35.6. The van der Waals surface area contributed by atoms with E-state index in [1.54, 1.807) is 22.3 Å². The van der Waals surface area contributed by atoms with Crippen molar-refractivity contribution < 1.29 is 0 Å². The fraction of sp³-hybridized carbons (Fsp3) is 0.600. The zero-order valence-corrected chi connectivity index (χ0v) is 13.4. The summed E-state index contributed by atoms with van der Waals surface area (Å²) in [5.41, 5.74) is 6.54. The Hall–Kier alpha value is -1.04. The van der Waals surface area contributed by atoms with Gasteiger partial charge >= 0.3 is 0 Å². The van der Waals surface area contributed by atoms with Gasteiger partial charge in [-0.3, -0.25) is 0 Å². The molecule has 4 unspecified atom stereocenters. The van der Waals surface area contributed by atoms with Crippen LogP contribution >= 0.6 is 0 Å². The van der Waals surface area contributed by atoms with Crippen molar-refractivity contribution in [1.82, 2.24) is 0 Å². The molecule has 4 bridgehead atoms. The van der Waals surface area contributed by atoms with Crippen LogP contribution in [-0.2, 0) is 0 Å². The van der Waals surface area contributed by atoms with Crippen molar-refractivity contribution in [3.05, 3.63) is 46.6 Å². The average Bonchev–Trinajstić information content (AvgIpc) is 3.18. The molecule has 0 N–H and O–H groups in total. The molecule has 108 valence electrons. The molecular weight excluding hydrogens is 240 g/mol. The van der Waals surface area contributed by atoms with Gasteiger partial charge in [-0.2, -0.15) is 0 Å². The van der Waals surface area contributed by atoms with Gasteiger partial charge < -0.3 is 0 Å². The third kappa shape index (κ3) is 2.57. The molecule has 0 spiro atoms. The first-order valence-corrected chi connectivity index (χ1v) is 8.23. The second-order valence-corrected chi connectivity index (χ2v) is 7.43.